The number of carbonyl (C=O) groups is 2. The zero-order chi connectivity index (χ0) is 18.8. The minimum absolute atomic E-state index is 0.231. The molecule has 1 saturated heterocycles. The third kappa shape index (κ3) is 2.98. The third-order valence-corrected chi connectivity index (χ3v) is 4.75. The predicted molar refractivity (Wildman–Crippen MR) is 95.5 cm³/mol. The number of nitrogens with zero attached hydrogens (tertiary/aromatic N) is 2. The lowest BCUT2D eigenvalue weighted by molar-refractivity contribution is -0.143. The molecular formula is C18H21N3O5. The quantitative estimate of drug-likeness (QED) is 0.799. The zero-order valence-corrected chi connectivity index (χ0v) is 14.7. The van der Waals surface area contributed by atoms with Crippen LogP contribution < -0.4 is 15.2 Å². The SMILES string of the molecule is COc1cc(N)c2c(C(=O)N3CCC(C(=O)O)CC3)nccc2c1OC. The lowest BCUT2D eigenvalue weighted by atomic mass is 9.96. The number of aromatic nitrogens is 1. The number of carboxylic acid groups (broad SMARTS) is 1. The van der Waals surface area contributed by atoms with E-state index in [0.29, 0.717) is 53.9 Å². The van der Waals surface area contributed by atoms with Crippen molar-refractivity contribution in [1.82, 2.24) is 9.88 Å². The highest BCUT2D eigenvalue weighted by atomic mass is 16.5. The zero-order valence-electron chi connectivity index (χ0n) is 14.7. The Morgan fingerprint density at radius 3 is 2.54 bits per heavy atom. The smallest absolute Gasteiger partial charge is 0.306 e. The van der Waals surface area contributed by atoms with Gasteiger partial charge in [0.2, 0.25) is 0 Å². The van der Waals surface area contributed by atoms with Crippen molar-refractivity contribution < 1.29 is 24.2 Å². The maximum Gasteiger partial charge on any atom is 0.306 e. The summed E-state index contributed by atoms with van der Waals surface area (Å²) in [4.78, 5) is 29.9. The van der Waals surface area contributed by atoms with E-state index in [9.17, 15) is 9.59 Å². The molecule has 8 heteroatoms. The van der Waals surface area contributed by atoms with Gasteiger partial charge < -0.3 is 25.2 Å². The van der Waals surface area contributed by atoms with E-state index in [0.717, 1.165) is 0 Å². The topological polar surface area (TPSA) is 115 Å². The van der Waals surface area contributed by atoms with Crippen LogP contribution in [0.15, 0.2) is 18.3 Å². The molecule has 1 aliphatic heterocycles. The van der Waals surface area contributed by atoms with Gasteiger partial charge in [0, 0.05) is 41.8 Å². The number of ether oxygens (including phenoxy) is 2. The number of piperidine rings is 1. The summed E-state index contributed by atoms with van der Waals surface area (Å²) < 4.78 is 10.7. The molecule has 2 heterocycles. The van der Waals surface area contributed by atoms with Crippen LogP contribution in [0.2, 0.25) is 0 Å². The molecule has 0 aliphatic carbocycles. The number of nitrogens with two attached hydrogens (primary N) is 1. The fourth-order valence-electron chi connectivity index (χ4n) is 3.36. The second-order valence-corrected chi connectivity index (χ2v) is 6.19. The summed E-state index contributed by atoms with van der Waals surface area (Å²) in [7, 11) is 3.04. The molecule has 1 aromatic heterocycles. The number of methoxy groups -OCH3 is 2. The Kier molecular flexibility index (Phi) is 4.83. The van der Waals surface area contributed by atoms with Gasteiger partial charge in [-0.3, -0.25) is 14.6 Å². The number of nitrogen functional groups attached to an aromatic ring is 1. The van der Waals surface area contributed by atoms with Crippen LogP contribution >= 0.6 is 0 Å². The van der Waals surface area contributed by atoms with Gasteiger partial charge >= 0.3 is 5.97 Å². The van der Waals surface area contributed by atoms with Crippen LogP contribution in [0.25, 0.3) is 10.8 Å². The lowest BCUT2D eigenvalue weighted by Crippen LogP contribution is -2.40. The molecule has 0 unspecified atom stereocenters. The first-order valence-corrected chi connectivity index (χ1v) is 8.29. The number of anilines is 1. The summed E-state index contributed by atoms with van der Waals surface area (Å²) in [5.41, 5.74) is 6.76. The number of hydrogen-bond acceptors (Lipinski definition) is 6. The first kappa shape index (κ1) is 17.8. The van der Waals surface area contributed by atoms with E-state index >= 15 is 0 Å². The van der Waals surface area contributed by atoms with Gasteiger partial charge in [0.05, 0.1) is 20.1 Å². The van der Waals surface area contributed by atoms with E-state index in [4.69, 9.17) is 20.3 Å². The summed E-state index contributed by atoms with van der Waals surface area (Å²) in [5.74, 6) is -0.532. The molecule has 0 spiro atoms. The lowest BCUT2D eigenvalue weighted by Gasteiger charge is -2.30. The number of fused-ring (bicyclic) bond motifs is 1. The number of pyridine rings is 1. The van der Waals surface area contributed by atoms with Crippen LogP contribution in [-0.2, 0) is 4.79 Å². The number of rotatable bonds is 4. The van der Waals surface area contributed by atoms with Gasteiger partial charge in [0.25, 0.3) is 5.91 Å². The summed E-state index contributed by atoms with van der Waals surface area (Å²) >= 11 is 0. The largest absolute Gasteiger partial charge is 0.493 e. The molecule has 8 nitrogen and oxygen atoms in total. The van der Waals surface area contributed by atoms with Crippen molar-refractivity contribution in [2.24, 2.45) is 5.92 Å². The second-order valence-electron chi connectivity index (χ2n) is 6.19. The minimum Gasteiger partial charge on any atom is -0.493 e. The van der Waals surface area contributed by atoms with Crippen molar-refractivity contribution in [3.63, 3.8) is 0 Å². The van der Waals surface area contributed by atoms with E-state index in [-0.39, 0.29) is 11.6 Å². The van der Waals surface area contributed by atoms with Crippen LogP contribution in [-0.4, -0.2) is 54.2 Å². The molecule has 0 bridgehead atoms. The van der Waals surface area contributed by atoms with Gasteiger partial charge in [-0.15, -0.1) is 0 Å². The number of aliphatic carboxylic acids is 1. The summed E-state index contributed by atoms with van der Waals surface area (Å²) in [6.07, 6.45) is 2.39. The van der Waals surface area contributed by atoms with Crippen LogP contribution in [0.3, 0.4) is 0 Å². The van der Waals surface area contributed by atoms with Crippen LogP contribution in [0.5, 0.6) is 11.5 Å². The van der Waals surface area contributed by atoms with E-state index in [1.54, 1.807) is 17.0 Å². The normalized spacial score (nSPS) is 15.1. The van der Waals surface area contributed by atoms with Gasteiger partial charge in [-0.2, -0.15) is 0 Å². The highest BCUT2D eigenvalue weighted by molar-refractivity contribution is 6.12. The molecule has 138 valence electrons. The number of carboxylic acids is 1. The van der Waals surface area contributed by atoms with Crippen molar-refractivity contribution in [1.29, 1.82) is 0 Å². The van der Waals surface area contributed by atoms with Crippen molar-refractivity contribution in [3.8, 4) is 11.5 Å². The molecule has 1 aliphatic rings. The molecule has 1 aromatic carbocycles. The number of amides is 1. The molecule has 2 aromatic rings. The molecule has 3 rings (SSSR count). The Morgan fingerprint density at radius 2 is 1.96 bits per heavy atom. The molecule has 1 amide bonds. The van der Waals surface area contributed by atoms with Crippen molar-refractivity contribution in [2.45, 2.75) is 12.8 Å². The molecular weight excluding hydrogens is 338 g/mol. The summed E-state index contributed by atoms with van der Waals surface area (Å²) in [6.45, 7) is 0.752. The fourth-order valence-corrected chi connectivity index (χ4v) is 3.36. The minimum atomic E-state index is -0.818. The van der Waals surface area contributed by atoms with E-state index in [2.05, 4.69) is 4.98 Å². The average molecular weight is 359 g/mol. The average Bonchev–Trinajstić information content (AvgIpc) is 2.66. The van der Waals surface area contributed by atoms with Crippen LogP contribution in [0.1, 0.15) is 23.3 Å². The molecule has 3 N–H and O–H groups in total. The maximum atomic E-state index is 13.0. The van der Waals surface area contributed by atoms with Gasteiger partial charge in [0.1, 0.15) is 5.69 Å². The highest BCUT2D eigenvalue weighted by Gasteiger charge is 2.29. The number of carbonyl (C=O) groups excluding carboxylic acids is 1. The van der Waals surface area contributed by atoms with Crippen molar-refractivity contribution in [2.75, 3.05) is 33.0 Å². The molecule has 0 radical (unpaired) electrons. The monoisotopic (exact) mass is 359 g/mol. The highest BCUT2D eigenvalue weighted by Crippen LogP contribution is 2.40. The molecule has 0 atom stereocenters. The Hall–Kier alpha value is -3.03. The Bertz CT molecular complexity index is 860. The van der Waals surface area contributed by atoms with Gasteiger partial charge in [-0.25, -0.2) is 0 Å². The van der Waals surface area contributed by atoms with Gasteiger partial charge in [0.15, 0.2) is 11.5 Å². The Labute approximate surface area is 150 Å². The fraction of sp³-hybridized carbons (Fsp3) is 0.389. The van der Waals surface area contributed by atoms with E-state index in [1.165, 1.54) is 20.4 Å². The predicted octanol–water partition coefficient (Wildman–Crippen LogP) is 1.77. The standard InChI is InChI=1S/C18H21N3O5/c1-25-13-9-12(19)14-11(16(13)26-2)3-6-20-15(14)17(22)21-7-4-10(5-8-21)18(23)24/h3,6,9-10H,4-5,7-8,19H2,1-2H3,(H,23,24). The summed E-state index contributed by atoms with van der Waals surface area (Å²) in [6, 6.07) is 3.33. The van der Waals surface area contributed by atoms with Gasteiger partial charge in [-0.05, 0) is 18.9 Å². The van der Waals surface area contributed by atoms with Crippen molar-refractivity contribution in [3.05, 3.63) is 24.0 Å². The molecule has 26 heavy (non-hydrogen) atoms. The first-order valence-electron chi connectivity index (χ1n) is 8.29. The number of likely N-dealkylation sites (tertiary alicyclic amines) is 1. The van der Waals surface area contributed by atoms with Gasteiger partial charge in [-0.1, -0.05) is 0 Å². The Balaban J connectivity index is 2.01. The third-order valence-electron chi connectivity index (χ3n) is 4.75. The summed E-state index contributed by atoms with van der Waals surface area (Å²) in [5, 5.41) is 10.3. The van der Waals surface area contributed by atoms with Crippen LogP contribution in [0.4, 0.5) is 5.69 Å². The molecule has 0 saturated carbocycles. The number of hydrogen-bond donors (Lipinski definition) is 2. The number of benzene rings is 1. The first-order chi connectivity index (χ1) is 12.5. The van der Waals surface area contributed by atoms with E-state index < -0.39 is 11.9 Å². The second kappa shape index (κ2) is 7.07. The van der Waals surface area contributed by atoms with Crippen molar-refractivity contribution >= 4 is 28.3 Å². The Morgan fingerprint density at radius 1 is 1.27 bits per heavy atom. The maximum absolute atomic E-state index is 13.0. The van der Waals surface area contributed by atoms with Crippen LogP contribution in [0, 0.1) is 5.92 Å². The van der Waals surface area contributed by atoms with E-state index in [1.807, 2.05) is 0 Å². The molecule has 1 fully saturated rings.